The third-order valence-corrected chi connectivity index (χ3v) is 6.11. The number of hydrogen-bond acceptors (Lipinski definition) is 8. The lowest BCUT2D eigenvalue weighted by Gasteiger charge is -2.33. The zero-order chi connectivity index (χ0) is 22.1. The molecule has 1 amide bonds. The van der Waals surface area contributed by atoms with Gasteiger partial charge in [0.1, 0.15) is 11.5 Å². The maximum atomic E-state index is 13.3. The Bertz CT molecular complexity index is 1150. The van der Waals surface area contributed by atoms with Crippen molar-refractivity contribution in [1.82, 2.24) is 24.8 Å². The normalized spacial score (nSPS) is 16.2. The second-order valence-electron chi connectivity index (χ2n) is 8.11. The highest BCUT2D eigenvalue weighted by Gasteiger charge is 2.29. The number of carbonyl (C=O) groups is 1. The quantitative estimate of drug-likeness (QED) is 0.617. The van der Waals surface area contributed by atoms with Crippen LogP contribution < -0.4 is 9.80 Å². The smallest absolute Gasteiger partial charge is 0.274 e. The van der Waals surface area contributed by atoms with Gasteiger partial charge in [-0.05, 0) is 19.1 Å². The molecule has 9 heteroatoms. The van der Waals surface area contributed by atoms with Crippen molar-refractivity contribution in [2.75, 3.05) is 56.2 Å². The molecule has 1 aromatic carbocycles. The highest BCUT2D eigenvalue weighted by atomic mass is 16.5. The first-order valence-corrected chi connectivity index (χ1v) is 11.1. The summed E-state index contributed by atoms with van der Waals surface area (Å²) in [5.74, 6) is 1.53. The Hall–Kier alpha value is -3.33. The molecule has 0 atom stereocenters. The van der Waals surface area contributed by atoms with Gasteiger partial charge in [0.15, 0.2) is 0 Å². The summed E-state index contributed by atoms with van der Waals surface area (Å²) in [6.07, 6.45) is 2.25. The summed E-state index contributed by atoms with van der Waals surface area (Å²) in [7, 11) is 2.03. The van der Waals surface area contributed by atoms with Crippen LogP contribution in [0.1, 0.15) is 28.7 Å². The summed E-state index contributed by atoms with van der Waals surface area (Å²) >= 11 is 0. The van der Waals surface area contributed by atoms with Gasteiger partial charge in [0.2, 0.25) is 5.95 Å². The summed E-state index contributed by atoms with van der Waals surface area (Å²) in [6, 6.07) is 7.58. The van der Waals surface area contributed by atoms with Crippen LogP contribution in [0, 0.1) is 0 Å². The van der Waals surface area contributed by atoms with Crippen LogP contribution in [-0.2, 0) is 17.7 Å². The molecule has 9 nitrogen and oxygen atoms in total. The average Bonchev–Trinajstić information content (AvgIpc) is 2.87. The molecule has 0 bridgehead atoms. The molecule has 0 spiro atoms. The maximum Gasteiger partial charge on any atom is 0.274 e. The van der Waals surface area contributed by atoms with Crippen molar-refractivity contribution in [2.24, 2.45) is 0 Å². The molecule has 4 heterocycles. The number of benzene rings is 1. The number of ether oxygens (including phenoxy) is 1. The molecule has 5 rings (SSSR count). The summed E-state index contributed by atoms with van der Waals surface area (Å²) < 4.78 is 5.48. The number of hydrogen-bond donors (Lipinski definition) is 0. The third-order valence-electron chi connectivity index (χ3n) is 6.11. The number of para-hydroxylation sites is 2. The highest BCUT2D eigenvalue weighted by Crippen LogP contribution is 2.29. The molecular weight excluding hydrogens is 406 g/mol. The van der Waals surface area contributed by atoms with E-state index < -0.39 is 0 Å². The van der Waals surface area contributed by atoms with Crippen molar-refractivity contribution in [1.29, 1.82) is 0 Å². The van der Waals surface area contributed by atoms with E-state index in [1.165, 1.54) is 0 Å². The number of rotatable bonds is 4. The molecule has 2 aromatic heterocycles. The lowest BCUT2D eigenvalue weighted by molar-refractivity contribution is 0.0727. The van der Waals surface area contributed by atoms with Crippen LogP contribution in [0.15, 0.2) is 30.5 Å². The van der Waals surface area contributed by atoms with Crippen LogP contribution in [0.3, 0.4) is 0 Å². The maximum absolute atomic E-state index is 13.3. The monoisotopic (exact) mass is 433 g/mol. The molecule has 2 aliphatic heterocycles. The van der Waals surface area contributed by atoms with Gasteiger partial charge in [-0.15, -0.1) is 0 Å². The Balaban J connectivity index is 1.45. The second-order valence-corrected chi connectivity index (χ2v) is 8.11. The number of amides is 1. The van der Waals surface area contributed by atoms with Crippen LogP contribution in [0.4, 0.5) is 11.8 Å². The van der Waals surface area contributed by atoms with Crippen molar-refractivity contribution < 1.29 is 9.53 Å². The highest BCUT2D eigenvalue weighted by molar-refractivity contribution is 5.94. The summed E-state index contributed by atoms with van der Waals surface area (Å²) in [5, 5.41) is 0. The van der Waals surface area contributed by atoms with Crippen molar-refractivity contribution in [3.8, 4) is 0 Å². The molecule has 0 aliphatic carbocycles. The van der Waals surface area contributed by atoms with Gasteiger partial charge in [-0.3, -0.25) is 9.78 Å². The Kier molecular flexibility index (Phi) is 5.57. The van der Waals surface area contributed by atoms with Crippen LogP contribution in [0.2, 0.25) is 0 Å². The Labute approximate surface area is 187 Å². The zero-order valence-corrected chi connectivity index (χ0v) is 18.5. The molecule has 2 aliphatic rings. The Morgan fingerprint density at radius 2 is 1.88 bits per heavy atom. The van der Waals surface area contributed by atoms with Gasteiger partial charge < -0.3 is 19.4 Å². The predicted molar refractivity (Wildman–Crippen MR) is 122 cm³/mol. The minimum Gasteiger partial charge on any atom is -0.378 e. The fourth-order valence-electron chi connectivity index (χ4n) is 4.15. The van der Waals surface area contributed by atoms with Gasteiger partial charge in [0, 0.05) is 45.2 Å². The van der Waals surface area contributed by atoms with Gasteiger partial charge in [-0.25, -0.2) is 9.97 Å². The molecule has 0 saturated carbocycles. The van der Waals surface area contributed by atoms with E-state index in [0.29, 0.717) is 38.4 Å². The average molecular weight is 434 g/mol. The molecule has 32 heavy (non-hydrogen) atoms. The van der Waals surface area contributed by atoms with Crippen LogP contribution >= 0.6 is 0 Å². The molecular formula is C23H27N7O2. The number of morpholine rings is 1. The minimum absolute atomic E-state index is 0.115. The van der Waals surface area contributed by atoms with E-state index >= 15 is 0 Å². The third kappa shape index (κ3) is 3.84. The zero-order valence-electron chi connectivity index (χ0n) is 18.5. The molecule has 0 unspecified atom stereocenters. The van der Waals surface area contributed by atoms with Gasteiger partial charge in [-0.1, -0.05) is 12.1 Å². The van der Waals surface area contributed by atoms with E-state index in [9.17, 15) is 4.79 Å². The standard InChI is InChI=1S/C23H27N7O2/c1-3-28(2)21-16-15-30(22(31)20-14-24-18-6-4-5-7-19(18)25-20)9-8-17(16)26-23(27-21)29-10-12-32-13-11-29/h4-7,14H,3,8-13,15H2,1-2H3. The summed E-state index contributed by atoms with van der Waals surface area (Å²) in [4.78, 5) is 38.1. The minimum atomic E-state index is -0.115. The molecule has 1 fully saturated rings. The molecule has 0 N–H and O–H groups in total. The van der Waals surface area contributed by atoms with Gasteiger partial charge in [-0.2, -0.15) is 4.98 Å². The van der Waals surface area contributed by atoms with Crippen molar-refractivity contribution in [3.05, 3.63) is 47.4 Å². The topological polar surface area (TPSA) is 87.6 Å². The number of aromatic nitrogens is 4. The van der Waals surface area contributed by atoms with Crippen LogP contribution in [-0.4, -0.2) is 77.2 Å². The van der Waals surface area contributed by atoms with E-state index in [-0.39, 0.29) is 5.91 Å². The molecule has 0 radical (unpaired) electrons. The van der Waals surface area contributed by atoms with E-state index in [2.05, 4.69) is 26.7 Å². The van der Waals surface area contributed by atoms with E-state index in [1.807, 2.05) is 36.2 Å². The van der Waals surface area contributed by atoms with Crippen molar-refractivity contribution in [3.63, 3.8) is 0 Å². The lowest BCUT2D eigenvalue weighted by Crippen LogP contribution is -2.40. The fourth-order valence-corrected chi connectivity index (χ4v) is 4.15. The first-order valence-electron chi connectivity index (χ1n) is 11.1. The van der Waals surface area contributed by atoms with E-state index in [4.69, 9.17) is 14.7 Å². The largest absolute Gasteiger partial charge is 0.378 e. The predicted octanol–water partition coefficient (Wildman–Crippen LogP) is 1.91. The number of anilines is 2. The van der Waals surface area contributed by atoms with Gasteiger partial charge in [0.05, 0.1) is 42.7 Å². The lowest BCUT2D eigenvalue weighted by atomic mass is 10.1. The number of nitrogens with zero attached hydrogens (tertiary/aromatic N) is 7. The number of fused-ring (bicyclic) bond motifs is 2. The first-order chi connectivity index (χ1) is 15.6. The Morgan fingerprint density at radius 3 is 2.66 bits per heavy atom. The molecule has 3 aromatic rings. The van der Waals surface area contributed by atoms with E-state index in [0.717, 1.165) is 53.7 Å². The SMILES string of the molecule is CCN(C)c1nc(N2CCOCC2)nc2c1CN(C(=O)c1cnc3ccccc3n1)CC2. The van der Waals surface area contributed by atoms with Gasteiger partial charge in [0.25, 0.3) is 5.91 Å². The van der Waals surface area contributed by atoms with Crippen LogP contribution in [0.25, 0.3) is 11.0 Å². The van der Waals surface area contributed by atoms with E-state index in [1.54, 1.807) is 6.20 Å². The summed E-state index contributed by atoms with van der Waals surface area (Å²) in [5.41, 5.74) is 3.90. The van der Waals surface area contributed by atoms with Crippen molar-refractivity contribution >= 4 is 28.7 Å². The fraction of sp³-hybridized carbons (Fsp3) is 0.435. The summed E-state index contributed by atoms with van der Waals surface area (Å²) in [6.45, 7) is 6.93. The second kappa shape index (κ2) is 8.66. The number of carbonyl (C=O) groups excluding carboxylic acids is 1. The molecule has 166 valence electrons. The first kappa shape index (κ1) is 20.6. The Morgan fingerprint density at radius 1 is 1.09 bits per heavy atom. The molecule has 1 saturated heterocycles. The van der Waals surface area contributed by atoms with Crippen molar-refractivity contribution in [2.45, 2.75) is 19.9 Å². The van der Waals surface area contributed by atoms with Gasteiger partial charge >= 0.3 is 0 Å². The van der Waals surface area contributed by atoms with Crippen LogP contribution in [0.5, 0.6) is 0 Å².